The lowest BCUT2D eigenvalue weighted by molar-refractivity contribution is 0.277. The average molecular weight is 1220 g/mol. The molecule has 0 amide bonds. The molecular weight excluding hydrogens is 1130 g/mol. The monoisotopic (exact) mass is 1220 g/mol. The summed E-state index contributed by atoms with van der Waals surface area (Å²) in [6, 6.07) is 40.2. The first-order valence-corrected chi connectivity index (χ1v) is 32.2. The number of thiazole rings is 1. The molecule has 3 aromatic carbocycles. The number of hydrogen-bond acceptors (Lipinski definition) is 11. The molecule has 5 N–H and O–H groups in total. The van der Waals surface area contributed by atoms with E-state index in [0.717, 1.165) is 28.3 Å². The van der Waals surface area contributed by atoms with Crippen LogP contribution in [0.3, 0.4) is 0 Å². The average Bonchev–Trinajstić information content (AvgIpc) is 4.45. The number of aromatic nitrogens is 9. The molecule has 1 atom stereocenters. The van der Waals surface area contributed by atoms with E-state index in [2.05, 4.69) is 187 Å². The van der Waals surface area contributed by atoms with Crippen LogP contribution >= 0.6 is 45.3 Å². The van der Waals surface area contributed by atoms with Gasteiger partial charge in [0, 0.05) is 109 Å². The summed E-state index contributed by atoms with van der Waals surface area (Å²) in [7, 11) is 4.13. The zero-order valence-corrected chi connectivity index (χ0v) is 55.3. The summed E-state index contributed by atoms with van der Waals surface area (Å²) in [5.74, 6) is 1.94. The molecule has 0 unspecified atom stereocenters. The minimum Gasteiger partial charge on any atom is -0.470 e. The van der Waals surface area contributed by atoms with Gasteiger partial charge in [-0.2, -0.15) is 0 Å². The third kappa shape index (κ3) is 31.9. The van der Waals surface area contributed by atoms with E-state index >= 15 is 0 Å². The van der Waals surface area contributed by atoms with E-state index in [9.17, 15) is 0 Å². The molecule has 0 aliphatic carbocycles. The molecule has 10 aromatic heterocycles. The Labute approximate surface area is 522 Å². The van der Waals surface area contributed by atoms with E-state index in [-0.39, 0.29) is 0 Å². The van der Waals surface area contributed by atoms with Crippen LogP contribution in [0.25, 0.3) is 31.1 Å². The number of hydrogen-bond donors (Lipinski definition) is 5. The van der Waals surface area contributed by atoms with Crippen molar-refractivity contribution in [2.75, 3.05) is 26.7 Å². The molecule has 16 heteroatoms. The minimum atomic E-state index is 0.796. The van der Waals surface area contributed by atoms with Gasteiger partial charge in [-0.25, -0.2) is 15.0 Å². The first-order chi connectivity index (χ1) is 41.2. The second kappa shape index (κ2) is 42.4. The fourth-order valence-electron chi connectivity index (χ4n) is 7.78. The van der Waals surface area contributed by atoms with Crippen molar-refractivity contribution in [2.45, 2.75) is 107 Å². The van der Waals surface area contributed by atoms with E-state index < -0.39 is 0 Å². The van der Waals surface area contributed by atoms with Crippen LogP contribution in [0.4, 0.5) is 0 Å². The Balaban J connectivity index is 0.000000200. The molecule has 15 rings (SSSR count). The van der Waals surface area contributed by atoms with E-state index in [1.807, 2.05) is 123 Å². The number of aromatic amines is 4. The van der Waals surface area contributed by atoms with Crippen LogP contribution in [-0.2, 0) is 7.05 Å². The summed E-state index contributed by atoms with van der Waals surface area (Å²) in [6.07, 6.45) is 26.8. The molecule has 12 heterocycles. The molecule has 2 aliphatic heterocycles. The number of benzene rings is 3. The van der Waals surface area contributed by atoms with Gasteiger partial charge in [-0.15, -0.1) is 45.3 Å². The third-order valence-corrected chi connectivity index (χ3v) is 16.1. The minimum absolute atomic E-state index is 0.796. The predicted molar refractivity (Wildman–Crippen MR) is 369 cm³/mol. The van der Waals surface area contributed by atoms with Crippen molar-refractivity contribution in [1.82, 2.24) is 54.7 Å². The second-order valence-electron chi connectivity index (χ2n) is 20.2. The maximum absolute atomic E-state index is 4.83. The number of likely N-dealkylation sites (tertiary alicyclic amines) is 1. The Morgan fingerprint density at radius 2 is 1.34 bits per heavy atom. The van der Waals surface area contributed by atoms with Crippen molar-refractivity contribution in [3.8, 4) is 0 Å². The van der Waals surface area contributed by atoms with Crippen molar-refractivity contribution >= 4 is 76.4 Å². The number of para-hydroxylation sites is 1. The Morgan fingerprint density at radius 3 is 1.72 bits per heavy atom. The summed E-state index contributed by atoms with van der Waals surface area (Å²) < 4.78 is 9.50. The van der Waals surface area contributed by atoms with Gasteiger partial charge in [0.25, 0.3) is 0 Å². The van der Waals surface area contributed by atoms with Crippen molar-refractivity contribution in [2.24, 2.45) is 7.05 Å². The highest BCUT2D eigenvalue weighted by Crippen LogP contribution is 2.25. The van der Waals surface area contributed by atoms with Crippen molar-refractivity contribution < 1.29 is 4.42 Å². The fourth-order valence-corrected chi connectivity index (χ4v) is 10.6. The van der Waals surface area contributed by atoms with Crippen LogP contribution < -0.4 is 5.32 Å². The van der Waals surface area contributed by atoms with E-state index in [4.69, 9.17) is 4.42 Å². The molecular formula is C69H91N11OS4. The standard InChI is InChI=1S/C9H9N.2C9H8S.C6H13N.C5H11N.C5H7N.C5H6O.C5H6S.3C4H6N2.C4H5NS/c2*1-7-6-10-9-5-3-2-4-8(7)9;1-7-6-8-4-2-3-5-9(8)10-7;1-7-5-3-2-4-6-7;4*1-5-3-2-4-6-5;1-4-2-5-3-6-4;1-6-3-2-5-4-6;2*1-4-5-2-3-6-4/h2-6,10H,1H3;2*2-6H,1H3;2-6H2,1H3;5-6H,2-4H2,1H3;2-4,6H,1H3;2*2-4H,1H3;2-3H,1H3,(H,5,6);2-4H,1H3;2-3H,1H3,(H,5,6);2-3H,1H3/t;;;;5-;;;;;;;/m....0......./s1. The van der Waals surface area contributed by atoms with Gasteiger partial charge in [0.2, 0.25) is 0 Å². The molecule has 85 heavy (non-hydrogen) atoms. The van der Waals surface area contributed by atoms with Gasteiger partial charge in [0.05, 0.1) is 23.9 Å². The number of rotatable bonds is 0. The van der Waals surface area contributed by atoms with Gasteiger partial charge in [0.1, 0.15) is 11.6 Å². The van der Waals surface area contributed by atoms with Gasteiger partial charge in [0.15, 0.2) is 0 Å². The number of furan rings is 1. The first kappa shape index (κ1) is 70.0. The van der Waals surface area contributed by atoms with Crippen LogP contribution in [0.2, 0.25) is 0 Å². The Kier molecular flexibility index (Phi) is 34.9. The zero-order chi connectivity index (χ0) is 61.3. The lowest BCUT2D eigenvalue weighted by Crippen LogP contribution is -2.24. The highest BCUT2D eigenvalue weighted by atomic mass is 32.1. The fraction of sp³-hybridized carbons (Fsp3) is 0.304. The Bertz CT molecular complexity index is 3080. The molecule has 2 saturated heterocycles. The summed E-state index contributed by atoms with van der Waals surface area (Å²) in [5, 5.41) is 14.8. The summed E-state index contributed by atoms with van der Waals surface area (Å²) in [4.78, 5) is 32.5. The molecule has 13 aromatic rings. The Hall–Kier alpha value is -7.44. The highest BCUT2D eigenvalue weighted by Gasteiger charge is 2.06. The van der Waals surface area contributed by atoms with Crippen molar-refractivity contribution in [1.29, 1.82) is 0 Å². The molecule has 0 spiro atoms. The number of piperidine rings is 1. The van der Waals surface area contributed by atoms with Crippen LogP contribution in [-0.4, -0.2) is 82.1 Å². The quantitative estimate of drug-likeness (QED) is 0.102. The number of H-pyrrole nitrogens is 4. The number of nitrogens with one attached hydrogen (secondary N) is 5. The van der Waals surface area contributed by atoms with Crippen LogP contribution in [0.15, 0.2) is 204 Å². The molecule has 0 radical (unpaired) electrons. The normalized spacial score (nSPS) is 12.6. The van der Waals surface area contributed by atoms with Gasteiger partial charge in [-0.3, -0.25) is 4.98 Å². The topological polar surface area (TPSA) is 148 Å². The third-order valence-electron chi connectivity index (χ3n) is 12.4. The zero-order valence-electron chi connectivity index (χ0n) is 52.0. The molecule has 12 nitrogen and oxygen atoms in total. The van der Waals surface area contributed by atoms with Gasteiger partial charge in [-0.05, 0) is 209 Å². The van der Waals surface area contributed by atoms with Crippen LogP contribution in [0, 0.1) is 62.3 Å². The number of imidazole rings is 3. The maximum Gasteiger partial charge on any atom is 0.102 e. The van der Waals surface area contributed by atoms with Gasteiger partial charge >= 0.3 is 0 Å². The van der Waals surface area contributed by atoms with E-state index in [1.54, 1.807) is 72.6 Å². The lowest BCUT2D eigenvalue weighted by atomic mass is 10.1. The first-order valence-electron chi connectivity index (χ1n) is 28.8. The summed E-state index contributed by atoms with van der Waals surface area (Å²) >= 11 is 7.11. The largest absolute Gasteiger partial charge is 0.470 e. The van der Waals surface area contributed by atoms with E-state index in [0.29, 0.717) is 0 Å². The number of fused-ring (bicyclic) bond motifs is 3. The lowest BCUT2D eigenvalue weighted by Gasteiger charge is -2.20. The van der Waals surface area contributed by atoms with Crippen LogP contribution in [0.1, 0.15) is 87.9 Å². The van der Waals surface area contributed by atoms with Gasteiger partial charge in [-0.1, -0.05) is 67.1 Å². The molecule has 2 fully saturated rings. The number of nitrogens with zero attached hydrogens (tertiary/aromatic N) is 6. The molecule has 0 bridgehead atoms. The van der Waals surface area contributed by atoms with Crippen LogP contribution in [0.5, 0.6) is 0 Å². The predicted octanol–water partition coefficient (Wildman–Crippen LogP) is 19.0. The van der Waals surface area contributed by atoms with Crippen molar-refractivity contribution in [3.63, 3.8) is 0 Å². The smallest absolute Gasteiger partial charge is 0.102 e. The number of aryl methyl sites for hydroxylation is 10. The van der Waals surface area contributed by atoms with Gasteiger partial charge < -0.3 is 39.1 Å². The Morgan fingerprint density at radius 1 is 0.588 bits per heavy atom. The SMILES string of the molecule is CN1CCCCC1.C[C@H]1CCCN1.Cc1c[nH]c2ccccc12.Cc1cc2ccccc2s1.Cc1ccc[nH]1.Cc1ccco1.Cc1cccs1.Cc1cnc[nH]1.Cc1csc2ccccc12.Cc1ncc[nH]1.Cc1nccs1.Cn1ccnc1. The highest BCUT2D eigenvalue weighted by molar-refractivity contribution is 7.19. The van der Waals surface area contributed by atoms with Crippen molar-refractivity contribution in [3.05, 3.63) is 249 Å². The van der Waals surface area contributed by atoms with E-state index in [1.165, 1.54) is 109 Å². The summed E-state index contributed by atoms with van der Waals surface area (Å²) in [5.41, 5.74) is 6.25. The number of thiophene rings is 3. The molecule has 0 saturated carbocycles. The second-order valence-corrected chi connectivity index (χ2v) is 24.6. The summed E-state index contributed by atoms with van der Waals surface area (Å²) in [6.45, 7) is 24.4. The maximum atomic E-state index is 4.83. The molecule has 2 aliphatic rings. The molecule has 452 valence electrons.